The Morgan fingerprint density at radius 1 is 1.14 bits per heavy atom. The Labute approximate surface area is 126 Å². The summed E-state index contributed by atoms with van der Waals surface area (Å²) in [6.45, 7) is 6.00. The SMILES string of the molecule is CC(C)(O)C(C)(C)OB(O)c1ccc(Cl)c(C(F)(F)F)c1. The molecule has 0 unspecified atom stereocenters. The molecule has 1 aromatic carbocycles. The van der Waals surface area contributed by atoms with E-state index in [1.807, 2.05) is 0 Å². The van der Waals surface area contributed by atoms with Crippen LogP contribution in [-0.4, -0.2) is 28.5 Å². The van der Waals surface area contributed by atoms with Crippen LogP contribution in [0.3, 0.4) is 0 Å². The molecule has 8 heteroatoms. The molecule has 0 heterocycles. The van der Waals surface area contributed by atoms with E-state index in [0.717, 1.165) is 12.1 Å². The van der Waals surface area contributed by atoms with Crippen molar-refractivity contribution in [3.8, 4) is 0 Å². The van der Waals surface area contributed by atoms with Crippen LogP contribution in [0.4, 0.5) is 13.2 Å². The van der Waals surface area contributed by atoms with Gasteiger partial charge in [-0.15, -0.1) is 0 Å². The van der Waals surface area contributed by atoms with Gasteiger partial charge in [0.25, 0.3) is 0 Å². The molecule has 1 rings (SSSR count). The second kappa shape index (κ2) is 5.80. The second-order valence-electron chi connectivity index (χ2n) is 5.78. The van der Waals surface area contributed by atoms with Gasteiger partial charge in [-0.1, -0.05) is 17.7 Å². The van der Waals surface area contributed by atoms with Crippen molar-refractivity contribution in [2.75, 3.05) is 0 Å². The molecular weight excluding hydrogens is 307 g/mol. The van der Waals surface area contributed by atoms with E-state index >= 15 is 0 Å². The zero-order valence-electron chi connectivity index (χ0n) is 12.1. The molecule has 2 N–H and O–H groups in total. The number of rotatable bonds is 4. The third-order valence-electron chi connectivity index (χ3n) is 3.46. The average Bonchev–Trinajstić information content (AvgIpc) is 2.25. The van der Waals surface area contributed by atoms with Crippen molar-refractivity contribution in [2.24, 2.45) is 0 Å². The largest absolute Gasteiger partial charge is 0.491 e. The van der Waals surface area contributed by atoms with Gasteiger partial charge < -0.3 is 14.8 Å². The van der Waals surface area contributed by atoms with E-state index in [2.05, 4.69) is 0 Å². The Morgan fingerprint density at radius 2 is 1.67 bits per heavy atom. The predicted octanol–water partition coefficient (Wildman–Crippen LogP) is 2.61. The van der Waals surface area contributed by atoms with E-state index in [-0.39, 0.29) is 5.46 Å². The first-order valence-corrected chi connectivity index (χ1v) is 6.58. The lowest BCUT2D eigenvalue weighted by Gasteiger charge is -2.38. The summed E-state index contributed by atoms with van der Waals surface area (Å²) in [5.74, 6) is 0. The maximum Gasteiger partial charge on any atom is 0.491 e. The van der Waals surface area contributed by atoms with Gasteiger partial charge >= 0.3 is 13.3 Å². The third-order valence-corrected chi connectivity index (χ3v) is 3.79. The number of alkyl halides is 3. The predicted molar refractivity (Wildman–Crippen MR) is 75.5 cm³/mol. The topological polar surface area (TPSA) is 49.7 Å². The molecule has 0 fully saturated rings. The number of benzene rings is 1. The fourth-order valence-electron chi connectivity index (χ4n) is 1.41. The first-order chi connectivity index (χ1) is 9.25. The van der Waals surface area contributed by atoms with Crippen LogP contribution in [0, 0.1) is 0 Å². The molecular formula is C13H17BClF3O3. The van der Waals surface area contributed by atoms with Gasteiger partial charge in [-0.3, -0.25) is 0 Å². The van der Waals surface area contributed by atoms with E-state index in [4.69, 9.17) is 16.3 Å². The summed E-state index contributed by atoms with van der Waals surface area (Å²) in [6.07, 6.45) is -4.63. The molecule has 0 aromatic heterocycles. The number of halogens is 4. The van der Waals surface area contributed by atoms with Crippen molar-refractivity contribution in [1.82, 2.24) is 0 Å². The molecule has 0 amide bonds. The van der Waals surface area contributed by atoms with Crippen LogP contribution in [-0.2, 0) is 10.8 Å². The highest BCUT2D eigenvalue weighted by Crippen LogP contribution is 2.34. The molecule has 0 atom stereocenters. The van der Waals surface area contributed by atoms with Crippen molar-refractivity contribution >= 4 is 24.2 Å². The minimum absolute atomic E-state index is 0.0935. The molecule has 0 aliphatic rings. The highest BCUT2D eigenvalue weighted by Gasteiger charge is 2.40. The second-order valence-corrected chi connectivity index (χ2v) is 6.18. The molecule has 0 radical (unpaired) electrons. The lowest BCUT2D eigenvalue weighted by atomic mass is 9.76. The molecule has 1 aromatic rings. The summed E-state index contributed by atoms with van der Waals surface area (Å²) in [6, 6.07) is 3.01. The van der Waals surface area contributed by atoms with Crippen LogP contribution in [0.5, 0.6) is 0 Å². The molecule has 0 spiro atoms. The number of hydrogen-bond acceptors (Lipinski definition) is 3. The van der Waals surface area contributed by atoms with E-state index in [9.17, 15) is 23.3 Å². The van der Waals surface area contributed by atoms with Gasteiger partial charge in [0.2, 0.25) is 0 Å². The monoisotopic (exact) mass is 324 g/mol. The fraction of sp³-hybridized carbons (Fsp3) is 0.538. The first-order valence-electron chi connectivity index (χ1n) is 6.20. The van der Waals surface area contributed by atoms with Gasteiger partial charge in [0.15, 0.2) is 0 Å². The van der Waals surface area contributed by atoms with E-state index < -0.39 is 35.1 Å². The molecule has 0 saturated carbocycles. The van der Waals surface area contributed by atoms with Crippen molar-refractivity contribution in [3.63, 3.8) is 0 Å². The third kappa shape index (κ3) is 4.36. The van der Waals surface area contributed by atoms with Gasteiger partial charge in [-0.2, -0.15) is 13.2 Å². The Hall–Kier alpha value is -0.755. The lowest BCUT2D eigenvalue weighted by molar-refractivity contribution is -0.137. The van der Waals surface area contributed by atoms with Crippen molar-refractivity contribution in [1.29, 1.82) is 0 Å². The quantitative estimate of drug-likeness (QED) is 0.837. The minimum Gasteiger partial charge on any atom is -0.423 e. The van der Waals surface area contributed by atoms with Gasteiger partial charge in [0.05, 0.1) is 21.8 Å². The number of aliphatic hydroxyl groups is 1. The molecule has 3 nitrogen and oxygen atoms in total. The molecule has 21 heavy (non-hydrogen) atoms. The maximum atomic E-state index is 12.8. The van der Waals surface area contributed by atoms with Crippen LogP contribution >= 0.6 is 11.6 Å². The molecule has 0 bridgehead atoms. The molecule has 0 aliphatic carbocycles. The van der Waals surface area contributed by atoms with Crippen molar-refractivity contribution < 1.29 is 28.0 Å². The van der Waals surface area contributed by atoms with E-state index in [1.54, 1.807) is 0 Å². The Balaban J connectivity index is 3.07. The van der Waals surface area contributed by atoms with Gasteiger partial charge in [0, 0.05) is 0 Å². The van der Waals surface area contributed by atoms with Gasteiger partial charge in [-0.25, -0.2) is 0 Å². The van der Waals surface area contributed by atoms with Crippen LogP contribution in [0.25, 0.3) is 0 Å². The Kier molecular flexibility index (Phi) is 5.05. The Bertz CT molecular complexity index is 512. The Morgan fingerprint density at radius 3 is 2.10 bits per heavy atom. The van der Waals surface area contributed by atoms with Crippen LogP contribution < -0.4 is 5.46 Å². The lowest BCUT2D eigenvalue weighted by Crippen LogP contribution is -2.53. The van der Waals surface area contributed by atoms with E-state index in [0.29, 0.717) is 0 Å². The molecule has 0 aliphatic heterocycles. The summed E-state index contributed by atoms with van der Waals surface area (Å²) < 4.78 is 43.6. The number of hydrogen-bond donors (Lipinski definition) is 2. The molecule has 0 saturated heterocycles. The molecule has 118 valence electrons. The maximum absolute atomic E-state index is 12.8. The normalized spacial score (nSPS) is 13.4. The highest BCUT2D eigenvalue weighted by atomic mass is 35.5. The average molecular weight is 325 g/mol. The van der Waals surface area contributed by atoms with Crippen LogP contribution in [0.2, 0.25) is 5.02 Å². The highest BCUT2D eigenvalue weighted by molar-refractivity contribution is 6.60. The summed E-state index contributed by atoms with van der Waals surface area (Å²) >= 11 is 5.51. The smallest absolute Gasteiger partial charge is 0.423 e. The zero-order chi connectivity index (χ0) is 16.6. The van der Waals surface area contributed by atoms with Crippen LogP contribution in [0.15, 0.2) is 18.2 Å². The minimum atomic E-state index is -4.63. The van der Waals surface area contributed by atoms with Crippen molar-refractivity contribution in [3.05, 3.63) is 28.8 Å². The first kappa shape index (κ1) is 18.3. The summed E-state index contributed by atoms with van der Waals surface area (Å²) in [5, 5.41) is 19.4. The van der Waals surface area contributed by atoms with E-state index in [1.165, 1.54) is 33.8 Å². The van der Waals surface area contributed by atoms with Crippen molar-refractivity contribution in [2.45, 2.75) is 45.1 Å². The van der Waals surface area contributed by atoms with Gasteiger partial charge in [0.1, 0.15) is 0 Å². The fourth-order valence-corrected chi connectivity index (χ4v) is 1.63. The summed E-state index contributed by atoms with van der Waals surface area (Å²) in [5.41, 5.74) is -3.62. The zero-order valence-corrected chi connectivity index (χ0v) is 12.9. The summed E-state index contributed by atoms with van der Waals surface area (Å²) in [4.78, 5) is 0. The standard InChI is InChI=1S/C13H17BClF3O3/c1-11(2,19)12(3,4)21-14(20)8-5-6-10(15)9(7-8)13(16,17)18/h5-7,19-20H,1-4H3. The van der Waals surface area contributed by atoms with Crippen LogP contribution in [0.1, 0.15) is 33.3 Å². The summed E-state index contributed by atoms with van der Waals surface area (Å²) in [7, 11) is -1.62. The van der Waals surface area contributed by atoms with Gasteiger partial charge in [-0.05, 0) is 45.3 Å².